The summed E-state index contributed by atoms with van der Waals surface area (Å²) in [5.41, 5.74) is 2.10. The molecular weight excluding hydrogens is 366 g/mol. The number of piperidine rings is 1. The lowest BCUT2D eigenvalue weighted by Crippen LogP contribution is -2.35. The SMILES string of the molecule is COc1cc2cnnc(N3CCCC(c4nc5ccccc5[nH]4)C3)c2cc1OC. The number of aromatic amines is 1. The van der Waals surface area contributed by atoms with Crippen LogP contribution in [0.2, 0.25) is 0 Å². The van der Waals surface area contributed by atoms with E-state index in [2.05, 4.69) is 26.1 Å². The highest BCUT2D eigenvalue weighted by Crippen LogP contribution is 2.37. The van der Waals surface area contributed by atoms with Crippen molar-refractivity contribution in [3.05, 3.63) is 48.4 Å². The third-order valence-electron chi connectivity index (χ3n) is 5.66. The van der Waals surface area contributed by atoms with E-state index in [1.54, 1.807) is 20.4 Å². The first kappa shape index (κ1) is 17.7. The van der Waals surface area contributed by atoms with E-state index >= 15 is 0 Å². The Morgan fingerprint density at radius 3 is 2.76 bits per heavy atom. The highest BCUT2D eigenvalue weighted by molar-refractivity contribution is 5.94. The van der Waals surface area contributed by atoms with Gasteiger partial charge in [0.2, 0.25) is 0 Å². The third-order valence-corrected chi connectivity index (χ3v) is 5.66. The number of fused-ring (bicyclic) bond motifs is 2. The van der Waals surface area contributed by atoms with Crippen LogP contribution in [0.1, 0.15) is 24.6 Å². The summed E-state index contributed by atoms with van der Waals surface area (Å²) in [6.07, 6.45) is 3.94. The zero-order chi connectivity index (χ0) is 19.8. The molecule has 1 unspecified atom stereocenters. The maximum atomic E-state index is 5.50. The summed E-state index contributed by atoms with van der Waals surface area (Å²) in [5, 5.41) is 10.7. The minimum absolute atomic E-state index is 0.327. The van der Waals surface area contributed by atoms with Gasteiger partial charge in [0.05, 0.1) is 31.4 Å². The zero-order valence-electron chi connectivity index (χ0n) is 16.6. The number of methoxy groups -OCH3 is 2. The summed E-state index contributed by atoms with van der Waals surface area (Å²) >= 11 is 0. The first-order chi connectivity index (χ1) is 14.3. The Morgan fingerprint density at radius 2 is 1.93 bits per heavy atom. The number of hydrogen-bond acceptors (Lipinski definition) is 6. The van der Waals surface area contributed by atoms with Gasteiger partial charge in [-0.05, 0) is 37.1 Å². The van der Waals surface area contributed by atoms with Gasteiger partial charge in [0.1, 0.15) is 5.82 Å². The number of anilines is 1. The van der Waals surface area contributed by atoms with E-state index in [9.17, 15) is 0 Å². The summed E-state index contributed by atoms with van der Waals surface area (Å²) in [5.74, 6) is 3.64. The Labute approximate surface area is 168 Å². The first-order valence-corrected chi connectivity index (χ1v) is 9.84. The van der Waals surface area contributed by atoms with Crippen molar-refractivity contribution in [1.29, 1.82) is 0 Å². The van der Waals surface area contributed by atoms with Crippen molar-refractivity contribution in [1.82, 2.24) is 20.2 Å². The molecule has 0 bridgehead atoms. The Balaban J connectivity index is 1.51. The van der Waals surface area contributed by atoms with Crippen LogP contribution in [0, 0.1) is 0 Å². The Bertz CT molecular complexity index is 1140. The van der Waals surface area contributed by atoms with E-state index in [0.717, 1.165) is 59.4 Å². The average molecular weight is 389 g/mol. The zero-order valence-corrected chi connectivity index (χ0v) is 16.6. The lowest BCUT2D eigenvalue weighted by atomic mass is 9.97. The van der Waals surface area contributed by atoms with Gasteiger partial charge in [-0.3, -0.25) is 0 Å². The molecule has 2 aromatic carbocycles. The third kappa shape index (κ3) is 3.12. The van der Waals surface area contributed by atoms with Gasteiger partial charge in [-0.2, -0.15) is 5.10 Å². The summed E-state index contributed by atoms with van der Waals surface area (Å²) < 4.78 is 10.9. The molecule has 0 saturated carbocycles. The largest absolute Gasteiger partial charge is 0.493 e. The van der Waals surface area contributed by atoms with E-state index in [4.69, 9.17) is 14.5 Å². The quantitative estimate of drug-likeness (QED) is 0.570. The summed E-state index contributed by atoms with van der Waals surface area (Å²) in [6, 6.07) is 12.1. The molecule has 1 saturated heterocycles. The molecule has 7 nitrogen and oxygen atoms in total. The molecule has 7 heteroatoms. The minimum Gasteiger partial charge on any atom is -0.493 e. The number of hydrogen-bond donors (Lipinski definition) is 1. The van der Waals surface area contributed by atoms with Crippen LogP contribution < -0.4 is 14.4 Å². The fourth-order valence-electron chi connectivity index (χ4n) is 4.19. The molecule has 1 fully saturated rings. The minimum atomic E-state index is 0.327. The Morgan fingerprint density at radius 1 is 1.10 bits per heavy atom. The van der Waals surface area contributed by atoms with E-state index in [-0.39, 0.29) is 0 Å². The number of nitrogens with one attached hydrogen (secondary N) is 1. The number of H-pyrrole nitrogens is 1. The molecule has 2 aromatic heterocycles. The van der Waals surface area contributed by atoms with Crippen molar-refractivity contribution in [3.63, 3.8) is 0 Å². The number of para-hydroxylation sites is 2. The number of nitrogens with zero attached hydrogens (tertiary/aromatic N) is 4. The molecule has 0 radical (unpaired) electrons. The number of benzene rings is 2. The molecule has 5 rings (SSSR count). The van der Waals surface area contributed by atoms with E-state index in [1.165, 1.54) is 0 Å². The molecule has 148 valence electrons. The molecule has 3 heterocycles. The summed E-state index contributed by atoms with van der Waals surface area (Å²) in [7, 11) is 3.29. The van der Waals surface area contributed by atoms with Crippen molar-refractivity contribution in [3.8, 4) is 11.5 Å². The second-order valence-corrected chi connectivity index (χ2v) is 7.39. The Hall–Kier alpha value is -3.35. The monoisotopic (exact) mass is 389 g/mol. The molecule has 1 aliphatic rings. The van der Waals surface area contributed by atoms with Crippen LogP contribution in [-0.2, 0) is 0 Å². The summed E-state index contributed by atoms with van der Waals surface area (Å²) in [6.45, 7) is 1.79. The van der Waals surface area contributed by atoms with Crippen LogP contribution in [0.5, 0.6) is 11.5 Å². The van der Waals surface area contributed by atoms with Gasteiger partial charge in [0.15, 0.2) is 17.3 Å². The highest BCUT2D eigenvalue weighted by atomic mass is 16.5. The van der Waals surface area contributed by atoms with Crippen molar-refractivity contribution < 1.29 is 9.47 Å². The van der Waals surface area contributed by atoms with Crippen molar-refractivity contribution in [2.75, 3.05) is 32.2 Å². The number of ether oxygens (including phenoxy) is 2. The molecule has 0 spiro atoms. The highest BCUT2D eigenvalue weighted by Gasteiger charge is 2.26. The molecule has 0 amide bonds. The lowest BCUT2D eigenvalue weighted by molar-refractivity contribution is 0.356. The predicted molar refractivity (Wildman–Crippen MR) is 113 cm³/mol. The molecule has 1 aliphatic heterocycles. The second-order valence-electron chi connectivity index (χ2n) is 7.39. The van der Waals surface area contributed by atoms with Gasteiger partial charge >= 0.3 is 0 Å². The molecule has 29 heavy (non-hydrogen) atoms. The molecule has 1 N–H and O–H groups in total. The van der Waals surface area contributed by atoms with Crippen LogP contribution in [0.3, 0.4) is 0 Å². The fourth-order valence-corrected chi connectivity index (χ4v) is 4.19. The standard InChI is InChI=1S/C22H23N5O2/c1-28-19-10-15-12-23-26-22(16(15)11-20(19)29-2)27-9-5-6-14(13-27)21-24-17-7-3-4-8-18(17)25-21/h3-4,7-8,10-12,14H,5-6,9,13H2,1-2H3,(H,24,25). The van der Waals surface area contributed by atoms with Crippen LogP contribution >= 0.6 is 0 Å². The molecule has 0 aliphatic carbocycles. The van der Waals surface area contributed by atoms with Crippen LogP contribution in [0.15, 0.2) is 42.6 Å². The average Bonchev–Trinajstić information content (AvgIpc) is 3.22. The first-order valence-electron chi connectivity index (χ1n) is 9.84. The van der Waals surface area contributed by atoms with Gasteiger partial charge in [0.25, 0.3) is 0 Å². The van der Waals surface area contributed by atoms with Gasteiger partial charge in [-0.15, -0.1) is 5.10 Å². The molecule has 1 atom stereocenters. The Kier molecular flexibility index (Phi) is 4.42. The lowest BCUT2D eigenvalue weighted by Gasteiger charge is -2.33. The van der Waals surface area contributed by atoms with Crippen LogP contribution in [0.4, 0.5) is 5.82 Å². The van der Waals surface area contributed by atoms with E-state index in [0.29, 0.717) is 17.4 Å². The number of aromatic nitrogens is 4. The smallest absolute Gasteiger partial charge is 0.161 e. The van der Waals surface area contributed by atoms with E-state index < -0.39 is 0 Å². The van der Waals surface area contributed by atoms with E-state index in [1.807, 2.05) is 30.3 Å². The van der Waals surface area contributed by atoms with Crippen molar-refractivity contribution in [2.45, 2.75) is 18.8 Å². The normalized spacial score (nSPS) is 17.0. The van der Waals surface area contributed by atoms with Crippen LogP contribution in [0.25, 0.3) is 21.8 Å². The van der Waals surface area contributed by atoms with Crippen molar-refractivity contribution >= 4 is 27.6 Å². The molecular formula is C22H23N5O2. The maximum Gasteiger partial charge on any atom is 0.161 e. The number of imidazole rings is 1. The van der Waals surface area contributed by atoms with Crippen molar-refractivity contribution in [2.24, 2.45) is 0 Å². The van der Waals surface area contributed by atoms with Gasteiger partial charge in [0, 0.05) is 29.8 Å². The van der Waals surface area contributed by atoms with Crippen LogP contribution in [-0.4, -0.2) is 47.5 Å². The molecule has 4 aromatic rings. The van der Waals surface area contributed by atoms with Gasteiger partial charge in [-0.25, -0.2) is 4.98 Å². The number of rotatable bonds is 4. The van der Waals surface area contributed by atoms with Gasteiger partial charge < -0.3 is 19.4 Å². The van der Waals surface area contributed by atoms with Gasteiger partial charge in [-0.1, -0.05) is 12.1 Å². The topological polar surface area (TPSA) is 76.2 Å². The fraction of sp³-hybridized carbons (Fsp3) is 0.318. The maximum absolute atomic E-state index is 5.50. The predicted octanol–water partition coefficient (Wildman–Crippen LogP) is 3.91. The second kappa shape index (κ2) is 7.24. The summed E-state index contributed by atoms with van der Waals surface area (Å²) in [4.78, 5) is 10.6.